The van der Waals surface area contributed by atoms with Gasteiger partial charge in [-0.2, -0.15) is 5.10 Å². The molecule has 156 valence electrons. The first-order valence-corrected chi connectivity index (χ1v) is 9.28. The fourth-order valence-corrected chi connectivity index (χ4v) is 2.89. The Hall–Kier alpha value is -3.07. The average Bonchev–Trinajstić information content (AvgIpc) is 2.87. The summed E-state index contributed by atoms with van der Waals surface area (Å²) in [5.41, 5.74) is 7.85. The molecule has 3 amide bonds. The number of primary amides is 1. The van der Waals surface area contributed by atoms with Crippen molar-refractivity contribution in [2.45, 2.75) is 39.3 Å². The lowest BCUT2D eigenvalue weighted by Crippen LogP contribution is -2.36. The van der Waals surface area contributed by atoms with Crippen molar-refractivity contribution in [3.8, 4) is 0 Å². The van der Waals surface area contributed by atoms with Crippen LogP contribution in [0.25, 0.3) is 0 Å². The van der Waals surface area contributed by atoms with E-state index in [0.29, 0.717) is 22.0 Å². The van der Waals surface area contributed by atoms with E-state index in [2.05, 4.69) is 15.7 Å². The Bertz CT molecular complexity index is 910. The lowest BCUT2D eigenvalue weighted by Gasteiger charge is -2.19. The van der Waals surface area contributed by atoms with Crippen molar-refractivity contribution >= 4 is 35.2 Å². The van der Waals surface area contributed by atoms with Gasteiger partial charge >= 0.3 is 12.0 Å². The Labute approximate surface area is 173 Å². The molecule has 2 atom stereocenters. The van der Waals surface area contributed by atoms with Crippen LogP contribution in [-0.4, -0.2) is 33.8 Å². The number of nitrogens with zero attached hydrogens (tertiary/aromatic N) is 2. The highest BCUT2D eigenvalue weighted by atomic mass is 35.5. The van der Waals surface area contributed by atoms with Gasteiger partial charge in [0.25, 0.3) is 5.91 Å². The number of aromatic nitrogens is 2. The van der Waals surface area contributed by atoms with E-state index in [-0.39, 0.29) is 6.42 Å². The standard InChI is InChI=1S/C19H24ClN5O4/c1-10-17(11(2)25(4)24-10)23-18(27)12(3)29-16(26)9-15(22-19(21)28)13-5-7-14(20)8-6-13/h5-8,12,15H,9H2,1-4H3,(H,23,27)(H3,21,22,28)/t12-,15-/m1/s1. The van der Waals surface area contributed by atoms with Gasteiger partial charge < -0.3 is 21.1 Å². The SMILES string of the molecule is Cc1nn(C)c(C)c1NC(=O)[C@@H](C)OC(=O)C[C@@H](NC(N)=O)c1ccc(Cl)cc1. The second-order valence-electron chi connectivity index (χ2n) is 6.61. The minimum Gasteiger partial charge on any atom is -0.452 e. The molecule has 0 fully saturated rings. The zero-order chi connectivity index (χ0) is 21.7. The lowest BCUT2D eigenvalue weighted by atomic mass is 10.0. The second kappa shape index (κ2) is 9.42. The number of nitrogens with two attached hydrogens (primary N) is 1. The number of ether oxygens (including phenoxy) is 1. The van der Waals surface area contributed by atoms with Crippen LogP contribution in [0.15, 0.2) is 24.3 Å². The zero-order valence-electron chi connectivity index (χ0n) is 16.7. The summed E-state index contributed by atoms with van der Waals surface area (Å²) < 4.78 is 6.88. The van der Waals surface area contributed by atoms with Gasteiger partial charge in [-0.1, -0.05) is 23.7 Å². The Kier molecular flexibility index (Phi) is 7.22. The molecule has 0 aliphatic heterocycles. The van der Waals surface area contributed by atoms with Gasteiger partial charge in [0.05, 0.1) is 29.5 Å². The summed E-state index contributed by atoms with van der Waals surface area (Å²) in [7, 11) is 1.77. The van der Waals surface area contributed by atoms with Crippen LogP contribution in [0, 0.1) is 13.8 Å². The van der Waals surface area contributed by atoms with E-state index in [4.69, 9.17) is 22.1 Å². The van der Waals surface area contributed by atoms with Crippen LogP contribution < -0.4 is 16.4 Å². The van der Waals surface area contributed by atoms with Crippen molar-refractivity contribution in [3.63, 3.8) is 0 Å². The van der Waals surface area contributed by atoms with Crippen LogP contribution in [-0.2, 0) is 21.4 Å². The van der Waals surface area contributed by atoms with Gasteiger partial charge in [-0.25, -0.2) is 4.79 Å². The van der Waals surface area contributed by atoms with Crippen molar-refractivity contribution < 1.29 is 19.1 Å². The van der Waals surface area contributed by atoms with Gasteiger partial charge in [-0.3, -0.25) is 14.3 Å². The molecule has 2 aromatic rings. The van der Waals surface area contributed by atoms with Crippen LogP contribution >= 0.6 is 11.6 Å². The summed E-state index contributed by atoms with van der Waals surface area (Å²) in [5, 5.41) is 9.95. The predicted molar refractivity (Wildman–Crippen MR) is 108 cm³/mol. The lowest BCUT2D eigenvalue weighted by molar-refractivity contribution is -0.153. The van der Waals surface area contributed by atoms with Crippen LogP contribution in [0.1, 0.15) is 36.3 Å². The highest BCUT2D eigenvalue weighted by Crippen LogP contribution is 2.21. The molecular weight excluding hydrogens is 398 g/mol. The van der Waals surface area contributed by atoms with Gasteiger partial charge in [-0.15, -0.1) is 0 Å². The molecule has 0 saturated heterocycles. The quantitative estimate of drug-likeness (QED) is 0.591. The predicted octanol–water partition coefficient (Wildman–Crippen LogP) is 2.36. The van der Waals surface area contributed by atoms with Crippen molar-refractivity contribution in [2.75, 3.05) is 5.32 Å². The normalized spacial score (nSPS) is 12.7. The van der Waals surface area contributed by atoms with Gasteiger partial charge in [-0.05, 0) is 38.5 Å². The fourth-order valence-electron chi connectivity index (χ4n) is 2.76. The smallest absolute Gasteiger partial charge is 0.312 e. The molecule has 2 rings (SSSR count). The molecule has 0 unspecified atom stereocenters. The van der Waals surface area contributed by atoms with E-state index >= 15 is 0 Å². The number of carbonyl (C=O) groups is 3. The van der Waals surface area contributed by atoms with Crippen molar-refractivity contribution in [1.82, 2.24) is 15.1 Å². The molecule has 0 saturated carbocycles. The third-order valence-electron chi connectivity index (χ3n) is 4.39. The maximum absolute atomic E-state index is 12.4. The van der Waals surface area contributed by atoms with Gasteiger partial charge in [0.15, 0.2) is 6.10 Å². The monoisotopic (exact) mass is 421 g/mol. The molecule has 29 heavy (non-hydrogen) atoms. The molecule has 0 bridgehead atoms. The Morgan fingerprint density at radius 3 is 2.38 bits per heavy atom. The molecule has 10 heteroatoms. The number of hydrogen-bond acceptors (Lipinski definition) is 5. The third kappa shape index (κ3) is 5.95. The van der Waals surface area contributed by atoms with Gasteiger partial charge in [0.2, 0.25) is 0 Å². The summed E-state index contributed by atoms with van der Waals surface area (Å²) in [4.78, 5) is 36.0. The molecule has 9 nitrogen and oxygen atoms in total. The van der Waals surface area contributed by atoms with E-state index in [1.54, 1.807) is 42.9 Å². The maximum atomic E-state index is 12.4. The van der Waals surface area contributed by atoms with Crippen LogP contribution in [0.5, 0.6) is 0 Å². The summed E-state index contributed by atoms with van der Waals surface area (Å²) >= 11 is 5.87. The van der Waals surface area contributed by atoms with Gasteiger partial charge in [0, 0.05) is 12.1 Å². The number of carbonyl (C=O) groups excluding carboxylic acids is 3. The van der Waals surface area contributed by atoms with Gasteiger partial charge in [0.1, 0.15) is 0 Å². The number of hydrogen-bond donors (Lipinski definition) is 3. The minimum absolute atomic E-state index is 0.201. The zero-order valence-corrected chi connectivity index (χ0v) is 17.4. The number of aryl methyl sites for hydroxylation is 2. The van der Waals surface area contributed by atoms with Crippen LogP contribution in [0.2, 0.25) is 5.02 Å². The van der Waals surface area contributed by atoms with Crippen LogP contribution in [0.3, 0.4) is 0 Å². The highest BCUT2D eigenvalue weighted by Gasteiger charge is 2.24. The first-order chi connectivity index (χ1) is 13.6. The largest absolute Gasteiger partial charge is 0.452 e. The number of rotatable bonds is 7. The first-order valence-electron chi connectivity index (χ1n) is 8.90. The number of amides is 3. The number of benzene rings is 1. The average molecular weight is 422 g/mol. The number of urea groups is 1. The number of nitrogens with one attached hydrogen (secondary N) is 2. The number of anilines is 1. The third-order valence-corrected chi connectivity index (χ3v) is 4.65. The molecule has 0 spiro atoms. The molecule has 4 N–H and O–H groups in total. The molecule has 0 aliphatic rings. The molecule has 1 heterocycles. The second-order valence-corrected chi connectivity index (χ2v) is 7.04. The molecule has 0 radical (unpaired) electrons. The number of halogens is 1. The molecule has 1 aromatic carbocycles. The van der Waals surface area contributed by atoms with Crippen molar-refractivity contribution in [2.24, 2.45) is 12.8 Å². The summed E-state index contributed by atoms with van der Waals surface area (Å²) in [6, 6.07) is 5.10. The van der Waals surface area contributed by atoms with Crippen LogP contribution in [0.4, 0.5) is 10.5 Å². The first kappa shape index (κ1) is 22.2. The van der Waals surface area contributed by atoms with E-state index in [0.717, 1.165) is 5.69 Å². The topological polar surface area (TPSA) is 128 Å². The molecular formula is C19H24ClN5O4. The fraction of sp³-hybridized carbons (Fsp3) is 0.368. The summed E-state index contributed by atoms with van der Waals surface area (Å²) in [5.74, 6) is -1.15. The Morgan fingerprint density at radius 2 is 1.86 bits per heavy atom. The highest BCUT2D eigenvalue weighted by molar-refractivity contribution is 6.30. The van der Waals surface area contributed by atoms with E-state index in [1.165, 1.54) is 6.92 Å². The molecule has 0 aliphatic carbocycles. The van der Waals surface area contributed by atoms with Crippen molar-refractivity contribution in [3.05, 3.63) is 46.2 Å². The van der Waals surface area contributed by atoms with E-state index in [9.17, 15) is 14.4 Å². The minimum atomic E-state index is -1.04. The number of esters is 1. The van der Waals surface area contributed by atoms with E-state index in [1.807, 2.05) is 6.92 Å². The molecule has 1 aromatic heterocycles. The Balaban J connectivity index is 2.01. The Morgan fingerprint density at radius 1 is 1.24 bits per heavy atom. The van der Waals surface area contributed by atoms with E-state index < -0.39 is 30.1 Å². The summed E-state index contributed by atoms with van der Waals surface area (Å²) in [6.07, 6.45) is -1.24. The van der Waals surface area contributed by atoms with Crippen molar-refractivity contribution in [1.29, 1.82) is 0 Å². The maximum Gasteiger partial charge on any atom is 0.312 e. The summed E-state index contributed by atoms with van der Waals surface area (Å²) in [6.45, 7) is 5.05.